The summed E-state index contributed by atoms with van der Waals surface area (Å²) in [4.78, 5) is 0. The molecule has 1 atom stereocenters. The Morgan fingerprint density at radius 3 is 2.56 bits per heavy atom. The Morgan fingerprint density at radius 1 is 1.31 bits per heavy atom. The van der Waals surface area contributed by atoms with Gasteiger partial charge in [-0.25, -0.2) is 4.39 Å². The fourth-order valence-electron chi connectivity index (χ4n) is 1.57. The van der Waals surface area contributed by atoms with Crippen molar-refractivity contribution in [1.82, 2.24) is 5.32 Å². The van der Waals surface area contributed by atoms with E-state index in [0.29, 0.717) is 6.04 Å². The second-order valence-corrected chi connectivity index (χ2v) is 5.68. The van der Waals surface area contributed by atoms with Crippen molar-refractivity contribution in [2.24, 2.45) is 5.41 Å². The molecule has 1 rings (SSSR count). The summed E-state index contributed by atoms with van der Waals surface area (Å²) < 4.78 is 13.0. The largest absolute Gasteiger partial charge is 0.313 e. The summed E-state index contributed by atoms with van der Waals surface area (Å²) in [6.45, 7) is 9.72. The first-order valence-electron chi connectivity index (χ1n) is 5.85. The van der Waals surface area contributed by atoms with Gasteiger partial charge in [-0.1, -0.05) is 32.9 Å². The van der Waals surface area contributed by atoms with Gasteiger partial charge in [0.15, 0.2) is 0 Å². The maximum atomic E-state index is 13.0. The highest BCUT2D eigenvalue weighted by Crippen LogP contribution is 2.12. The molecule has 2 heteroatoms. The van der Waals surface area contributed by atoms with Crippen LogP contribution in [0.25, 0.3) is 0 Å². The highest BCUT2D eigenvalue weighted by Gasteiger charge is 2.11. The van der Waals surface area contributed by atoms with Crippen molar-refractivity contribution < 1.29 is 4.39 Å². The summed E-state index contributed by atoms with van der Waals surface area (Å²) in [6, 6.07) is 7.20. The lowest BCUT2D eigenvalue weighted by Gasteiger charge is -2.22. The Bertz CT molecular complexity index is 328. The average Bonchev–Trinajstić information content (AvgIpc) is 2.14. The molecular formula is C14H22FN. The van der Waals surface area contributed by atoms with E-state index < -0.39 is 0 Å². The fraction of sp³-hybridized carbons (Fsp3) is 0.571. The van der Waals surface area contributed by atoms with E-state index >= 15 is 0 Å². The standard InChI is InChI=1S/C14H22FN/c1-11(16-10-14(2,3)4)8-12-6-5-7-13(15)9-12/h5-7,9,11,16H,8,10H2,1-4H3. The third kappa shape index (κ3) is 5.26. The molecule has 0 radical (unpaired) electrons. The van der Waals surface area contributed by atoms with Gasteiger partial charge in [-0.3, -0.25) is 0 Å². The molecule has 1 aromatic rings. The molecule has 1 aromatic carbocycles. The van der Waals surface area contributed by atoms with E-state index in [-0.39, 0.29) is 11.2 Å². The molecule has 1 unspecified atom stereocenters. The van der Waals surface area contributed by atoms with E-state index in [1.54, 1.807) is 12.1 Å². The van der Waals surface area contributed by atoms with Gasteiger partial charge < -0.3 is 5.32 Å². The lowest BCUT2D eigenvalue weighted by atomic mass is 9.96. The minimum atomic E-state index is -0.152. The predicted molar refractivity (Wildman–Crippen MR) is 67.0 cm³/mol. The van der Waals surface area contributed by atoms with Crippen LogP contribution >= 0.6 is 0 Å². The molecule has 0 saturated carbocycles. The first-order chi connectivity index (χ1) is 7.37. The van der Waals surface area contributed by atoms with E-state index in [1.165, 1.54) is 6.07 Å². The first-order valence-corrected chi connectivity index (χ1v) is 5.85. The quantitative estimate of drug-likeness (QED) is 0.825. The van der Waals surface area contributed by atoms with Gasteiger partial charge >= 0.3 is 0 Å². The third-order valence-electron chi connectivity index (χ3n) is 2.41. The van der Waals surface area contributed by atoms with Crippen molar-refractivity contribution in [3.63, 3.8) is 0 Å². The van der Waals surface area contributed by atoms with Crippen molar-refractivity contribution in [2.45, 2.75) is 40.2 Å². The van der Waals surface area contributed by atoms with Crippen LogP contribution in [0.4, 0.5) is 4.39 Å². The van der Waals surface area contributed by atoms with Crippen molar-refractivity contribution in [2.75, 3.05) is 6.54 Å². The third-order valence-corrected chi connectivity index (χ3v) is 2.41. The molecule has 0 spiro atoms. The predicted octanol–water partition coefficient (Wildman–Crippen LogP) is 3.39. The Kier molecular flexibility index (Phi) is 4.48. The summed E-state index contributed by atoms with van der Waals surface area (Å²) in [6.07, 6.45) is 0.869. The number of benzene rings is 1. The van der Waals surface area contributed by atoms with Crippen molar-refractivity contribution in [1.29, 1.82) is 0 Å². The van der Waals surface area contributed by atoms with Crippen LogP contribution in [0.2, 0.25) is 0 Å². The van der Waals surface area contributed by atoms with Crippen LogP contribution in [0, 0.1) is 11.2 Å². The molecule has 0 saturated heterocycles. The minimum absolute atomic E-state index is 0.152. The molecule has 0 aliphatic heterocycles. The highest BCUT2D eigenvalue weighted by atomic mass is 19.1. The smallest absolute Gasteiger partial charge is 0.123 e. The van der Waals surface area contributed by atoms with Gasteiger partial charge in [0.1, 0.15) is 5.82 Å². The zero-order chi connectivity index (χ0) is 12.2. The molecular weight excluding hydrogens is 201 g/mol. The van der Waals surface area contributed by atoms with Crippen LogP contribution in [-0.4, -0.2) is 12.6 Å². The SMILES string of the molecule is CC(Cc1cccc(F)c1)NCC(C)(C)C. The second-order valence-electron chi connectivity index (χ2n) is 5.68. The lowest BCUT2D eigenvalue weighted by Crippen LogP contribution is -2.35. The maximum Gasteiger partial charge on any atom is 0.123 e. The topological polar surface area (TPSA) is 12.0 Å². The molecule has 1 N–H and O–H groups in total. The Hall–Kier alpha value is -0.890. The van der Waals surface area contributed by atoms with Crippen LogP contribution in [0.15, 0.2) is 24.3 Å². The van der Waals surface area contributed by atoms with Gasteiger partial charge in [-0.15, -0.1) is 0 Å². The number of hydrogen-bond donors (Lipinski definition) is 1. The molecule has 0 aliphatic rings. The normalized spacial score (nSPS) is 13.8. The summed E-state index contributed by atoms with van der Waals surface area (Å²) >= 11 is 0. The molecule has 0 fully saturated rings. The van der Waals surface area contributed by atoms with E-state index in [4.69, 9.17) is 0 Å². The van der Waals surface area contributed by atoms with Gasteiger partial charge in [0.05, 0.1) is 0 Å². The molecule has 0 aromatic heterocycles. The lowest BCUT2D eigenvalue weighted by molar-refractivity contribution is 0.356. The molecule has 0 bridgehead atoms. The highest BCUT2D eigenvalue weighted by molar-refractivity contribution is 5.17. The number of hydrogen-bond acceptors (Lipinski definition) is 1. The molecule has 0 amide bonds. The van der Waals surface area contributed by atoms with Crippen LogP contribution in [0.5, 0.6) is 0 Å². The van der Waals surface area contributed by atoms with E-state index in [0.717, 1.165) is 18.5 Å². The fourth-order valence-corrected chi connectivity index (χ4v) is 1.57. The monoisotopic (exact) mass is 223 g/mol. The maximum absolute atomic E-state index is 13.0. The van der Waals surface area contributed by atoms with Crippen molar-refractivity contribution in [3.8, 4) is 0 Å². The van der Waals surface area contributed by atoms with Crippen molar-refractivity contribution in [3.05, 3.63) is 35.6 Å². The molecule has 0 aliphatic carbocycles. The molecule has 16 heavy (non-hydrogen) atoms. The van der Waals surface area contributed by atoms with E-state index in [2.05, 4.69) is 33.0 Å². The number of rotatable bonds is 4. The zero-order valence-electron chi connectivity index (χ0n) is 10.7. The van der Waals surface area contributed by atoms with Gasteiger partial charge in [0.25, 0.3) is 0 Å². The Morgan fingerprint density at radius 2 is 2.00 bits per heavy atom. The number of halogens is 1. The van der Waals surface area contributed by atoms with Crippen LogP contribution in [0.3, 0.4) is 0 Å². The van der Waals surface area contributed by atoms with Gasteiger partial charge in [0.2, 0.25) is 0 Å². The summed E-state index contributed by atoms with van der Waals surface area (Å²) in [5.74, 6) is -0.152. The van der Waals surface area contributed by atoms with Gasteiger partial charge in [-0.2, -0.15) is 0 Å². The van der Waals surface area contributed by atoms with Crippen LogP contribution in [0.1, 0.15) is 33.3 Å². The molecule has 90 valence electrons. The average molecular weight is 223 g/mol. The van der Waals surface area contributed by atoms with E-state index in [9.17, 15) is 4.39 Å². The Balaban J connectivity index is 2.43. The molecule has 1 nitrogen and oxygen atoms in total. The van der Waals surface area contributed by atoms with Gasteiger partial charge in [-0.05, 0) is 36.5 Å². The van der Waals surface area contributed by atoms with Gasteiger partial charge in [0, 0.05) is 12.6 Å². The van der Waals surface area contributed by atoms with Crippen molar-refractivity contribution >= 4 is 0 Å². The van der Waals surface area contributed by atoms with Crippen LogP contribution < -0.4 is 5.32 Å². The second kappa shape index (κ2) is 5.44. The first kappa shape index (κ1) is 13.2. The number of nitrogens with one attached hydrogen (secondary N) is 1. The zero-order valence-corrected chi connectivity index (χ0v) is 10.7. The summed E-state index contributed by atoms with van der Waals surface area (Å²) in [5, 5.41) is 3.47. The summed E-state index contributed by atoms with van der Waals surface area (Å²) in [7, 11) is 0. The summed E-state index contributed by atoms with van der Waals surface area (Å²) in [5.41, 5.74) is 1.34. The van der Waals surface area contributed by atoms with Crippen LogP contribution in [-0.2, 0) is 6.42 Å². The Labute approximate surface area is 98.1 Å². The van der Waals surface area contributed by atoms with E-state index in [1.807, 2.05) is 6.07 Å². The minimum Gasteiger partial charge on any atom is -0.313 e. The molecule has 0 heterocycles.